The monoisotopic (exact) mass is 293 g/mol. The standard InChI is InChI=1S/C17H31N3O/c1-13-11-15(18)8-10-19(13)12-17(21)20-9-4-6-14-5-2-3-7-16(14)20/h13-16H,2-12,18H2,1H3. The molecule has 3 fully saturated rings. The van der Waals surface area contributed by atoms with Gasteiger partial charge in [0.25, 0.3) is 0 Å². The number of fused-ring (bicyclic) bond motifs is 1. The SMILES string of the molecule is CC1CC(N)CCN1CC(=O)N1CCCC2CCCCC21. The van der Waals surface area contributed by atoms with Gasteiger partial charge in [0, 0.05) is 31.2 Å². The topological polar surface area (TPSA) is 49.6 Å². The molecule has 2 heterocycles. The van der Waals surface area contributed by atoms with Crippen LogP contribution in [0.3, 0.4) is 0 Å². The molecule has 0 spiro atoms. The van der Waals surface area contributed by atoms with Gasteiger partial charge in [-0.25, -0.2) is 0 Å². The number of carbonyl (C=O) groups is 1. The Morgan fingerprint density at radius 1 is 1.10 bits per heavy atom. The fourth-order valence-corrected chi connectivity index (χ4v) is 4.69. The molecule has 0 radical (unpaired) electrons. The summed E-state index contributed by atoms with van der Waals surface area (Å²) in [5.41, 5.74) is 6.03. The number of hydrogen-bond donors (Lipinski definition) is 1. The lowest BCUT2D eigenvalue weighted by molar-refractivity contribution is -0.139. The summed E-state index contributed by atoms with van der Waals surface area (Å²) in [7, 11) is 0. The van der Waals surface area contributed by atoms with Gasteiger partial charge < -0.3 is 10.6 Å². The number of rotatable bonds is 2. The van der Waals surface area contributed by atoms with Gasteiger partial charge in [0.2, 0.25) is 5.91 Å². The largest absolute Gasteiger partial charge is 0.338 e. The van der Waals surface area contributed by atoms with Crippen molar-refractivity contribution >= 4 is 5.91 Å². The highest BCUT2D eigenvalue weighted by Crippen LogP contribution is 2.35. The van der Waals surface area contributed by atoms with Crippen LogP contribution in [0.15, 0.2) is 0 Å². The van der Waals surface area contributed by atoms with Crippen LogP contribution in [0.4, 0.5) is 0 Å². The number of carbonyl (C=O) groups excluding carboxylic acids is 1. The van der Waals surface area contributed by atoms with Crippen LogP contribution in [-0.4, -0.2) is 53.5 Å². The number of hydrogen-bond acceptors (Lipinski definition) is 3. The van der Waals surface area contributed by atoms with Crippen LogP contribution < -0.4 is 5.73 Å². The van der Waals surface area contributed by atoms with Crippen molar-refractivity contribution in [2.24, 2.45) is 11.7 Å². The maximum atomic E-state index is 12.8. The first kappa shape index (κ1) is 15.3. The molecule has 2 saturated heterocycles. The zero-order valence-electron chi connectivity index (χ0n) is 13.5. The minimum Gasteiger partial charge on any atom is -0.338 e. The van der Waals surface area contributed by atoms with E-state index in [2.05, 4.69) is 16.7 Å². The summed E-state index contributed by atoms with van der Waals surface area (Å²) in [5.74, 6) is 1.15. The van der Waals surface area contributed by atoms with Crippen LogP contribution in [0, 0.1) is 5.92 Å². The number of likely N-dealkylation sites (tertiary alicyclic amines) is 2. The Morgan fingerprint density at radius 2 is 1.86 bits per heavy atom. The second-order valence-electron chi connectivity index (χ2n) is 7.45. The number of piperidine rings is 2. The number of nitrogens with zero attached hydrogens (tertiary/aromatic N) is 2. The van der Waals surface area contributed by atoms with Crippen LogP contribution in [0.1, 0.15) is 58.3 Å². The second-order valence-corrected chi connectivity index (χ2v) is 7.45. The first-order valence-electron chi connectivity index (χ1n) is 8.94. The molecular weight excluding hydrogens is 262 g/mol. The van der Waals surface area contributed by atoms with E-state index < -0.39 is 0 Å². The summed E-state index contributed by atoms with van der Waals surface area (Å²) in [5, 5.41) is 0. The van der Waals surface area contributed by atoms with E-state index in [4.69, 9.17) is 5.73 Å². The summed E-state index contributed by atoms with van der Waals surface area (Å²) in [6, 6.07) is 1.32. The summed E-state index contributed by atoms with van der Waals surface area (Å²) < 4.78 is 0. The summed E-state index contributed by atoms with van der Waals surface area (Å²) in [6.45, 7) is 4.79. The van der Waals surface area contributed by atoms with Crippen molar-refractivity contribution in [3.63, 3.8) is 0 Å². The third-order valence-electron chi connectivity index (χ3n) is 5.96. The van der Waals surface area contributed by atoms with Gasteiger partial charge in [0.1, 0.15) is 0 Å². The van der Waals surface area contributed by atoms with E-state index in [1.54, 1.807) is 0 Å². The average Bonchev–Trinajstić information content (AvgIpc) is 2.49. The van der Waals surface area contributed by atoms with Gasteiger partial charge in [-0.1, -0.05) is 12.8 Å². The van der Waals surface area contributed by atoms with Crippen molar-refractivity contribution in [2.75, 3.05) is 19.6 Å². The van der Waals surface area contributed by atoms with Crippen molar-refractivity contribution in [3.8, 4) is 0 Å². The molecule has 2 aliphatic heterocycles. The van der Waals surface area contributed by atoms with Crippen LogP contribution in [0.25, 0.3) is 0 Å². The fourth-order valence-electron chi connectivity index (χ4n) is 4.69. The molecule has 21 heavy (non-hydrogen) atoms. The van der Waals surface area contributed by atoms with Crippen molar-refractivity contribution in [2.45, 2.75) is 76.4 Å². The van der Waals surface area contributed by atoms with Crippen LogP contribution >= 0.6 is 0 Å². The van der Waals surface area contributed by atoms with E-state index in [1.807, 2.05) is 0 Å². The zero-order valence-corrected chi connectivity index (χ0v) is 13.5. The third-order valence-corrected chi connectivity index (χ3v) is 5.96. The summed E-state index contributed by atoms with van der Waals surface area (Å²) in [6.07, 6.45) is 9.84. The molecule has 4 heteroatoms. The lowest BCUT2D eigenvalue weighted by Crippen LogP contribution is -2.55. The molecule has 4 atom stereocenters. The Balaban J connectivity index is 1.59. The van der Waals surface area contributed by atoms with Crippen LogP contribution in [0.2, 0.25) is 0 Å². The smallest absolute Gasteiger partial charge is 0.237 e. The van der Waals surface area contributed by atoms with E-state index in [0.717, 1.165) is 31.8 Å². The fraction of sp³-hybridized carbons (Fsp3) is 0.941. The van der Waals surface area contributed by atoms with Crippen molar-refractivity contribution < 1.29 is 4.79 Å². The molecule has 0 aromatic heterocycles. The maximum absolute atomic E-state index is 12.8. The maximum Gasteiger partial charge on any atom is 0.237 e. The van der Waals surface area contributed by atoms with E-state index in [9.17, 15) is 4.79 Å². The van der Waals surface area contributed by atoms with Gasteiger partial charge in [-0.05, 0) is 51.4 Å². The van der Waals surface area contributed by atoms with E-state index in [0.29, 0.717) is 30.6 Å². The lowest BCUT2D eigenvalue weighted by atomic mass is 9.78. The molecule has 120 valence electrons. The zero-order chi connectivity index (χ0) is 14.8. The molecular formula is C17H31N3O. The Morgan fingerprint density at radius 3 is 2.67 bits per heavy atom. The molecule has 1 saturated carbocycles. The van der Waals surface area contributed by atoms with Gasteiger partial charge in [-0.2, -0.15) is 0 Å². The summed E-state index contributed by atoms with van der Waals surface area (Å²) >= 11 is 0. The quantitative estimate of drug-likeness (QED) is 0.847. The lowest BCUT2D eigenvalue weighted by Gasteiger charge is -2.45. The predicted octanol–water partition coefficient (Wildman–Crippen LogP) is 1.98. The molecule has 4 unspecified atom stereocenters. The molecule has 1 amide bonds. The summed E-state index contributed by atoms with van der Waals surface area (Å²) in [4.78, 5) is 17.4. The molecule has 0 aromatic carbocycles. The van der Waals surface area contributed by atoms with Crippen molar-refractivity contribution in [3.05, 3.63) is 0 Å². The molecule has 1 aliphatic carbocycles. The molecule has 3 aliphatic rings. The highest BCUT2D eigenvalue weighted by atomic mass is 16.2. The second kappa shape index (κ2) is 6.66. The van der Waals surface area contributed by atoms with Gasteiger partial charge in [-0.15, -0.1) is 0 Å². The van der Waals surface area contributed by atoms with Gasteiger partial charge >= 0.3 is 0 Å². The van der Waals surface area contributed by atoms with Gasteiger partial charge in [0.15, 0.2) is 0 Å². The Hall–Kier alpha value is -0.610. The Labute approximate surface area is 129 Å². The van der Waals surface area contributed by atoms with Gasteiger partial charge in [-0.3, -0.25) is 9.69 Å². The predicted molar refractivity (Wildman–Crippen MR) is 84.9 cm³/mol. The van der Waals surface area contributed by atoms with Crippen molar-refractivity contribution in [1.82, 2.24) is 9.80 Å². The minimum absolute atomic E-state index is 0.323. The number of nitrogens with two attached hydrogens (primary N) is 1. The van der Waals surface area contributed by atoms with Crippen LogP contribution in [0.5, 0.6) is 0 Å². The molecule has 2 N–H and O–H groups in total. The molecule has 3 rings (SSSR count). The third kappa shape index (κ3) is 3.42. The van der Waals surface area contributed by atoms with Crippen molar-refractivity contribution in [1.29, 1.82) is 0 Å². The van der Waals surface area contributed by atoms with E-state index in [-0.39, 0.29) is 0 Å². The first-order valence-corrected chi connectivity index (χ1v) is 8.94. The van der Waals surface area contributed by atoms with Crippen LogP contribution in [-0.2, 0) is 4.79 Å². The Bertz CT molecular complexity index is 371. The van der Waals surface area contributed by atoms with E-state index in [1.165, 1.54) is 38.5 Å². The first-order chi connectivity index (χ1) is 10.1. The minimum atomic E-state index is 0.323. The molecule has 0 bridgehead atoms. The Kier molecular flexibility index (Phi) is 4.85. The highest BCUT2D eigenvalue weighted by Gasteiger charge is 2.36. The normalized spacial score (nSPS) is 38.1. The van der Waals surface area contributed by atoms with E-state index >= 15 is 0 Å². The number of amides is 1. The van der Waals surface area contributed by atoms with Gasteiger partial charge in [0.05, 0.1) is 6.54 Å². The molecule has 4 nitrogen and oxygen atoms in total. The average molecular weight is 293 g/mol. The highest BCUT2D eigenvalue weighted by molar-refractivity contribution is 5.78. The molecule has 0 aromatic rings.